The fourth-order valence-corrected chi connectivity index (χ4v) is 1.75. The van der Waals surface area contributed by atoms with E-state index in [9.17, 15) is 4.39 Å². The summed E-state index contributed by atoms with van der Waals surface area (Å²) in [4.78, 5) is 0. The quantitative estimate of drug-likeness (QED) is 0.776. The molecule has 0 saturated carbocycles. The third-order valence-corrected chi connectivity index (χ3v) is 2.49. The van der Waals surface area contributed by atoms with Crippen LogP contribution in [-0.2, 0) is 7.05 Å². The maximum absolute atomic E-state index is 12.5. The Morgan fingerprint density at radius 3 is 2.86 bits per heavy atom. The first-order valence-electron chi connectivity index (χ1n) is 4.59. The molecule has 0 saturated heterocycles. The van der Waals surface area contributed by atoms with Crippen molar-refractivity contribution < 1.29 is 4.39 Å². The van der Waals surface area contributed by atoms with Gasteiger partial charge < -0.3 is 10.3 Å². The van der Waals surface area contributed by atoms with Crippen molar-refractivity contribution in [2.45, 2.75) is 6.04 Å². The van der Waals surface area contributed by atoms with Crippen LogP contribution in [0.3, 0.4) is 0 Å². The number of aromatic nitrogens is 1. The lowest BCUT2D eigenvalue weighted by Crippen LogP contribution is -2.11. The van der Waals surface area contributed by atoms with Crippen LogP contribution in [0.5, 0.6) is 0 Å². The highest BCUT2D eigenvalue weighted by atomic mass is 19.1. The topological polar surface area (TPSA) is 30.9 Å². The number of para-hydroxylation sites is 1. The summed E-state index contributed by atoms with van der Waals surface area (Å²) in [5, 5.41) is 1.04. The summed E-state index contributed by atoms with van der Waals surface area (Å²) < 4.78 is 14.4. The summed E-state index contributed by atoms with van der Waals surface area (Å²) >= 11 is 0. The van der Waals surface area contributed by atoms with Crippen LogP contribution in [0, 0.1) is 0 Å². The molecule has 1 unspecified atom stereocenters. The Morgan fingerprint density at radius 2 is 2.14 bits per heavy atom. The van der Waals surface area contributed by atoms with Gasteiger partial charge in [-0.05, 0) is 11.6 Å². The summed E-state index contributed by atoms with van der Waals surface area (Å²) in [6.45, 7) is -0.520. The van der Waals surface area contributed by atoms with Gasteiger partial charge in [-0.25, -0.2) is 4.39 Å². The number of rotatable bonds is 2. The first-order valence-corrected chi connectivity index (χ1v) is 4.59. The molecule has 1 aromatic carbocycles. The minimum absolute atomic E-state index is 0.513. The first kappa shape index (κ1) is 9.21. The zero-order chi connectivity index (χ0) is 10.1. The number of benzene rings is 1. The van der Waals surface area contributed by atoms with Crippen LogP contribution in [0.25, 0.3) is 10.9 Å². The minimum Gasteiger partial charge on any atom is -0.350 e. The number of fused-ring (bicyclic) bond motifs is 1. The average molecular weight is 192 g/mol. The number of hydrogen-bond acceptors (Lipinski definition) is 1. The Bertz CT molecular complexity index is 447. The molecule has 2 N–H and O–H groups in total. The summed E-state index contributed by atoms with van der Waals surface area (Å²) in [6.07, 6.45) is 1.90. The molecule has 0 aliphatic rings. The zero-order valence-corrected chi connectivity index (χ0v) is 8.07. The Morgan fingerprint density at radius 1 is 1.43 bits per heavy atom. The van der Waals surface area contributed by atoms with Gasteiger partial charge in [-0.1, -0.05) is 18.2 Å². The van der Waals surface area contributed by atoms with Crippen molar-refractivity contribution in [1.82, 2.24) is 4.57 Å². The lowest BCUT2D eigenvalue weighted by atomic mass is 10.1. The summed E-state index contributed by atoms with van der Waals surface area (Å²) in [7, 11) is 1.94. The van der Waals surface area contributed by atoms with Gasteiger partial charge in [-0.3, -0.25) is 0 Å². The zero-order valence-electron chi connectivity index (χ0n) is 8.07. The number of nitrogens with zero attached hydrogens (tertiary/aromatic N) is 1. The van der Waals surface area contributed by atoms with Crippen molar-refractivity contribution in [1.29, 1.82) is 0 Å². The molecule has 0 bridgehead atoms. The molecule has 2 nitrogen and oxygen atoms in total. The largest absolute Gasteiger partial charge is 0.350 e. The molecule has 0 radical (unpaired) electrons. The highest BCUT2D eigenvalue weighted by molar-refractivity contribution is 5.84. The van der Waals surface area contributed by atoms with E-state index in [0.717, 1.165) is 16.5 Å². The van der Waals surface area contributed by atoms with Crippen molar-refractivity contribution in [2.24, 2.45) is 12.8 Å². The smallest absolute Gasteiger partial charge is 0.109 e. The van der Waals surface area contributed by atoms with Crippen LogP contribution in [-0.4, -0.2) is 11.2 Å². The third-order valence-electron chi connectivity index (χ3n) is 2.49. The molecule has 2 aromatic rings. The molecule has 14 heavy (non-hydrogen) atoms. The van der Waals surface area contributed by atoms with Gasteiger partial charge in [0.05, 0.1) is 6.04 Å². The Labute approximate surface area is 82.1 Å². The van der Waals surface area contributed by atoms with E-state index >= 15 is 0 Å². The Hall–Kier alpha value is -1.35. The molecule has 0 aliphatic carbocycles. The minimum atomic E-state index is -0.520. The molecule has 3 heteroatoms. The van der Waals surface area contributed by atoms with Crippen LogP contribution >= 0.6 is 0 Å². The summed E-state index contributed by atoms with van der Waals surface area (Å²) in [5.41, 5.74) is 7.65. The van der Waals surface area contributed by atoms with Gasteiger partial charge in [0.15, 0.2) is 0 Å². The first-order chi connectivity index (χ1) is 6.74. The lowest BCUT2D eigenvalue weighted by molar-refractivity contribution is 0.438. The second kappa shape index (κ2) is 3.42. The molecule has 0 fully saturated rings. The molecule has 1 heterocycles. The van der Waals surface area contributed by atoms with Gasteiger partial charge in [-0.15, -0.1) is 0 Å². The molecule has 74 valence electrons. The van der Waals surface area contributed by atoms with Gasteiger partial charge in [-0.2, -0.15) is 0 Å². The average Bonchev–Trinajstić information content (AvgIpc) is 2.56. The van der Waals surface area contributed by atoms with Crippen molar-refractivity contribution in [3.05, 3.63) is 36.0 Å². The number of aryl methyl sites for hydroxylation is 1. The van der Waals surface area contributed by atoms with E-state index in [1.165, 1.54) is 0 Å². The Balaban J connectivity index is 2.66. The van der Waals surface area contributed by atoms with Crippen molar-refractivity contribution in [2.75, 3.05) is 6.67 Å². The predicted octanol–water partition coefficient (Wildman–Crippen LogP) is 2.15. The van der Waals surface area contributed by atoms with E-state index in [1.807, 2.05) is 42.1 Å². The molecular formula is C11H13FN2. The number of nitrogens with two attached hydrogens (primary N) is 1. The van der Waals surface area contributed by atoms with Crippen LogP contribution in [0.4, 0.5) is 4.39 Å². The van der Waals surface area contributed by atoms with E-state index < -0.39 is 12.7 Å². The van der Waals surface area contributed by atoms with Crippen LogP contribution < -0.4 is 5.73 Å². The fourth-order valence-electron chi connectivity index (χ4n) is 1.75. The van der Waals surface area contributed by atoms with Gasteiger partial charge in [0.2, 0.25) is 0 Å². The van der Waals surface area contributed by atoms with Crippen LogP contribution in [0.1, 0.15) is 11.6 Å². The van der Waals surface area contributed by atoms with E-state index in [4.69, 9.17) is 5.73 Å². The highest BCUT2D eigenvalue weighted by Crippen LogP contribution is 2.24. The lowest BCUT2D eigenvalue weighted by Gasteiger charge is -2.04. The Kier molecular flexibility index (Phi) is 2.25. The molecule has 1 aromatic heterocycles. The summed E-state index contributed by atoms with van der Waals surface area (Å²) in [5.74, 6) is 0. The SMILES string of the molecule is Cn1cc(C(N)CF)c2ccccc21. The van der Waals surface area contributed by atoms with Crippen molar-refractivity contribution >= 4 is 10.9 Å². The van der Waals surface area contributed by atoms with Gasteiger partial charge in [0.1, 0.15) is 6.67 Å². The monoisotopic (exact) mass is 192 g/mol. The second-order valence-electron chi connectivity index (χ2n) is 3.47. The van der Waals surface area contributed by atoms with E-state index in [0.29, 0.717) is 0 Å². The number of hydrogen-bond donors (Lipinski definition) is 1. The predicted molar refractivity (Wildman–Crippen MR) is 55.8 cm³/mol. The van der Waals surface area contributed by atoms with Gasteiger partial charge in [0.25, 0.3) is 0 Å². The second-order valence-corrected chi connectivity index (χ2v) is 3.47. The van der Waals surface area contributed by atoms with Crippen LogP contribution in [0.15, 0.2) is 30.5 Å². The highest BCUT2D eigenvalue weighted by Gasteiger charge is 2.12. The standard InChI is InChI=1S/C11H13FN2/c1-14-7-9(10(13)6-12)8-4-2-3-5-11(8)14/h2-5,7,10H,6,13H2,1H3. The van der Waals surface area contributed by atoms with Crippen molar-refractivity contribution in [3.63, 3.8) is 0 Å². The normalized spacial score (nSPS) is 13.4. The van der Waals surface area contributed by atoms with E-state index in [-0.39, 0.29) is 0 Å². The summed E-state index contributed by atoms with van der Waals surface area (Å²) in [6, 6.07) is 7.37. The van der Waals surface area contributed by atoms with Crippen LogP contribution in [0.2, 0.25) is 0 Å². The maximum atomic E-state index is 12.5. The maximum Gasteiger partial charge on any atom is 0.109 e. The molecular weight excluding hydrogens is 179 g/mol. The number of halogens is 1. The van der Waals surface area contributed by atoms with E-state index in [1.54, 1.807) is 0 Å². The molecule has 0 aliphatic heterocycles. The third kappa shape index (κ3) is 1.30. The molecule has 2 rings (SSSR count). The number of alkyl halides is 1. The van der Waals surface area contributed by atoms with Crippen molar-refractivity contribution in [3.8, 4) is 0 Å². The molecule has 0 amide bonds. The molecule has 0 spiro atoms. The van der Waals surface area contributed by atoms with Gasteiger partial charge in [0, 0.05) is 24.1 Å². The van der Waals surface area contributed by atoms with Gasteiger partial charge >= 0.3 is 0 Å². The van der Waals surface area contributed by atoms with E-state index in [2.05, 4.69) is 0 Å². The fraction of sp³-hybridized carbons (Fsp3) is 0.273. The molecule has 1 atom stereocenters.